The topological polar surface area (TPSA) is 87.5 Å². The molecule has 1 unspecified atom stereocenters. The fourth-order valence-electron chi connectivity index (χ4n) is 3.41. The Kier molecular flexibility index (Phi) is 7.79. The minimum Gasteiger partial charge on any atom is -0.497 e. The molecule has 4 rings (SSSR count). The maximum Gasteiger partial charge on any atom is 0.234 e. The molecule has 8 nitrogen and oxygen atoms in total. The van der Waals surface area contributed by atoms with Crippen molar-refractivity contribution in [2.45, 2.75) is 37.3 Å². The first-order valence-electron chi connectivity index (χ1n) is 10.6. The van der Waals surface area contributed by atoms with Crippen LogP contribution in [-0.4, -0.2) is 46.2 Å². The first-order valence-corrected chi connectivity index (χ1v) is 11.6. The average Bonchev–Trinajstić information content (AvgIpc) is 3.48. The second-order valence-corrected chi connectivity index (χ2v) is 8.37. The van der Waals surface area contributed by atoms with E-state index in [1.807, 2.05) is 4.57 Å². The molecular weight excluding hydrogens is 447 g/mol. The number of ether oxygens (including phenoxy) is 3. The second kappa shape index (κ2) is 11.2. The Morgan fingerprint density at radius 1 is 1.24 bits per heavy atom. The molecule has 1 aromatic heterocycles. The Balaban J connectivity index is 1.41. The van der Waals surface area contributed by atoms with Crippen LogP contribution in [0, 0.1) is 5.82 Å². The van der Waals surface area contributed by atoms with E-state index in [2.05, 4.69) is 15.5 Å². The summed E-state index contributed by atoms with van der Waals surface area (Å²) in [6.07, 6.45) is 1.98. The van der Waals surface area contributed by atoms with E-state index in [1.165, 1.54) is 17.8 Å². The lowest BCUT2D eigenvalue weighted by Gasteiger charge is -2.15. The highest BCUT2D eigenvalue weighted by molar-refractivity contribution is 7.99. The van der Waals surface area contributed by atoms with E-state index in [9.17, 15) is 9.18 Å². The van der Waals surface area contributed by atoms with Gasteiger partial charge in [-0.3, -0.25) is 4.79 Å². The molecule has 0 aliphatic carbocycles. The normalized spacial score (nSPS) is 15.4. The number of amides is 1. The first-order chi connectivity index (χ1) is 16.1. The number of carbonyl (C=O) groups excluding carboxylic acids is 1. The predicted octanol–water partition coefficient (Wildman–Crippen LogP) is 3.91. The van der Waals surface area contributed by atoms with Gasteiger partial charge in [0.1, 0.15) is 12.4 Å². The van der Waals surface area contributed by atoms with Crippen molar-refractivity contribution in [1.29, 1.82) is 0 Å². The van der Waals surface area contributed by atoms with Crippen LogP contribution in [0.15, 0.2) is 53.7 Å². The molecule has 0 saturated carbocycles. The summed E-state index contributed by atoms with van der Waals surface area (Å²) >= 11 is 1.28. The number of hydrogen-bond acceptors (Lipinski definition) is 7. The lowest BCUT2D eigenvalue weighted by molar-refractivity contribution is -0.113. The number of carbonyl (C=O) groups is 1. The van der Waals surface area contributed by atoms with Crippen molar-refractivity contribution in [3.05, 3.63) is 60.2 Å². The van der Waals surface area contributed by atoms with Gasteiger partial charge < -0.3 is 24.1 Å². The fraction of sp³-hybridized carbons (Fsp3) is 0.348. The molecule has 1 aliphatic rings. The Hall–Kier alpha value is -3.11. The third kappa shape index (κ3) is 6.23. The van der Waals surface area contributed by atoms with Crippen molar-refractivity contribution < 1.29 is 23.4 Å². The fourth-order valence-corrected chi connectivity index (χ4v) is 4.18. The Morgan fingerprint density at radius 2 is 2.06 bits per heavy atom. The summed E-state index contributed by atoms with van der Waals surface area (Å²) in [6, 6.07) is 13.3. The molecule has 1 aliphatic heterocycles. The van der Waals surface area contributed by atoms with E-state index in [-0.39, 0.29) is 30.1 Å². The molecule has 1 amide bonds. The van der Waals surface area contributed by atoms with Gasteiger partial charge in [0.25, 0.3) is 0 Å². The van der Waals surface area contributed by atoms with E-state index in [1.54, 1.807) is 49.6 Å². The van der Waals surface area contributed by atoms with Gasteiger partial charge >= 0.3 is 0 Å². The summed E-state index contributed by atoms with van der Waals surface area (Å²) in [5.41, 5.74) is 0.682. The maximum absolute atomic E-state index is 13.9. The number of thioether (sulfide) groups is 1. The smallest absolute Gasteiger partial charge is 0.234 e. The standard InChI is InChI=1S/C23H25FN4O4S/c1-30-17-10-8-16(9-11-17)25-22(29)15-33-23-27-26-21(28(23)13-18-5-4-12-31-18)14-32-20-7-3-2-6-19(20)24/h2-3,6-11,18H,4-5,12-15H2,1H3,(H,25,29). The van der Waals surface area contributed by atoms with E-state index in [4.69, 9.17) is 14.2 Å². The highest BCUT2D eigenvalue weighted by Crippen LogP contribution is 2.24. The van der Waals surface area contributed by atoms with Crippen LogP contribution >= 0.6 is 11.8 Å². The van der Waals surface area contributed by atoms with Crippen molar-refractivity contribution in [3.63, 3.8) is 0 Å². The van der Waals surface area contributed by atoms with Gasteiger partial charge in [0.05, 0.1) is 25.5 Å². The van der Waals surface area contributed by atoms with Crippen molar-refractivity contribution in [1.82, 2.24) is 14.8 Å². The number of nitrogens with one attached hydrogen (secondary N) is 1. The summed E-state index contributed by atoms with van der Waals surface area (Å²) in [6.45, 7) is 1.32. The highest BCUT2D eigenvalue weighted by Gasteiger charge is 2.22. The van der Waals surface area contributed by atoms with Gasteiger partial charge in [-0.15, -0.1) is 10.2 Å². The third-order valence-corrected chi connectivity index (χ3v) is 6.07. The Morgan fingerprint density at radius 3 is 2.79 bits per heavy atom. The van der Waals surface area contributed by atoms with E-state index >= 15 is 0 Å². The van der Waals surface area contributed by atoms with Crippen molar-refractivity contribution >= 4 is 23.4 Å². The maximum atomic E-state index is 13.9. The molecule has 0 bridgehead atoms. The molecule has 3 aromatic rings. The molecule has 1 atom stereocenters. The van der Waals surface area contributed by atoms with Crippen LogP contribution in [0.2, 0.25) is 0 Å². The van der Waals surface area contributed by atoms with E-state index in [0.29, 0.717) is 23.2 Å². The number of rotatable bonds is 10. The van der Waals surface area contributed by atoms with Crippen LogP contribution in [0.5, 0.6) is 11.5 Å². The minimum absolute atomic E-state index is 0.0423. The molecule has 10 heteroatoms. The number of hydrogen-bond donors (Lipinski definition) is 1. The summed E-state index contributed by atoms with van der Waals surface area (Å²) in [5, 5.41) is 11.9. The molecule has 0 radical (unpaired) electrons. The lowest BCUT2D eigenvalue weighted by atomic mass is 10.2. The van der Waals surface area contributed by atoms with Crippen molar-refractivity contribution in [2.75, 3.05) is 24.8 Å². The van der Waals surface area contributed by atoms with Crippen LogP contribution in [-0.2, 0) is 22.7 Å². The quantitative estimate of drug-likeness (QED) is 0.448. The molecule has 1 N–H and O–H groups in total. The molecule has 1 fully saturated rings. The average molecular weight is 473 g/mol. The third-order valence-electron chi connectivity index (χ3n) is 5.10. The largest absolute Gasteiger partial charge is 0.497 e. The Labute approximate surface area is 195 Å². The summed E-state index contributed by atoms with van der Waals surface area (Å²) in [7, 11) is 1.59. The van der Waals surface area contributed by atoms with Gasteiger partial charge in [-0.25, -0.2) is 4.39 Å². The van der Waals surface area contributed by atoms with Gasteiger partial charge in [-0.2, -0.15) is 0 Å². The van der Waals surface area contributed by atoms with Gasteiger partial charge in [0, 0.05) is 12.3 Å². The van der Waals surface area contributed by atoms with Crippen LogP contribution in [0.25, 0.3) is 0 Å². The summed E-state index contributed by atoms with van der Waals surface area (Å²) in [4.78, 5) is 12.4. The molecular formula is C23H25FN4O4S. The molecule has 2 heterocycles. The van der Waals surface area contributed by atoms with Crippen molar-refractivity contribution in [2.24, 2.45) is 0 Å². The molecule has 1 saturated heterocycles. The number of methoxy groups -OCH3 is 1. The van der Waals surface area contributed by atoms with Gasteiger partial charge in [-0.1, -0.05) is 23.9 Å². The molecule has 174 valence electrons. The summed E-state index contributed by atoms with van der Waals surface area (Å²) < 4.78 is 32.3. The van der Waals surface area contributed by atoms with E-state index in [0.717, 1.165) is 25.2 Å². The van der Waals surface area contributed by atoms with E-state index < -0.39 is 5.82 Å². The number of aromatic nitrogens is 3. The number of nitrogens with zero attached hydrogens (tertiary/aromatic N) is 3. The monoisotopic (exact) mass is 472 g/mol. The number of para-hydroxylation sites is 1. The van der Waals surface area contributed by atoms with Crippen LogP contribution in [0.4, 0.5) is 10.1 Å². The summed E-state index contributed by atoms with van der Waals surface area (Å²) in [5.74, 6) is 0.969. The number of anilines is 1. The van der Waals surface area contributed by atoms with Crippen LogP contribution in [0.3, 0.4) is 0 Å². The highest BCUT2D eigenvalue weighted by atomic mass is 32.2. The lowest BCUT2D eigenvalue weighted by Crippen LogP contribution is -2.19. The predicted molar refractivity (Wildman–Crippen MR) is 122 cm³/mol. The van der Waals surface area contributed by atoms with Crippen molar-refractivity contribution in [3.8, 4) is 11.5 Å². The zero-order valence-electron chi connectivity index (χ0n) is 18.2. The molecule has 0 spiro atoms. The van der Waals surface area contributed by atoms with Crippen LogP contribution < -0.4 is 14.8 Å². The minimum atomic E-state index is -0.438. The van der Waals surface area contributed by atoms with Crippen LogP contribution in [0.1, 0.15) is 18.7 Å². The zero-order valence-corrected chi connectivity index (χ0v) is 19.0. The Bertz CT molecular complexity index is 1070. The first kappa shape index (κ1) is 23.1. The molecule has 2 aromatic carbocycles. The van der Waals surface area contributed by atoms with Gasteiger partial charge in [-0.05, 0) is 49.2 Å². The van der Waals surface area contributed by atoms with Gasteiger partial charge in [0.2, 0.25) is 5.91 Å². The number of benzene rings is 2. The van der Waals surface area contributed by atoms with Gasteiger partial charge in [0.15, 0.2) is 22.5 Å². The zero-order chi connectivity index (χ0) is 23.0. The second-order valence-electron chi connectivity index (χ2n) is 7.43. The SMILES string of the molecule is COc1ccc(NC(=O)CSc2nnc(COc3ccccc3F)n2CC2CCCO2)cc1. The number of halogens is 1. The molecule has 33 heavy (non-hydrogen) atoms.